The molecule has 0 spiro atoms. The molecule has 1 nitrogen and oxygen atoms in total. The van der Waals surface area contributed by atoms with Gasteiger partial charge in [0.25, 0.3) is 0 Å². The second kappa shape index (κ2) is 6.96. The fourth-order valence-electron chi connectivity index (χ4n) is 0.796. The van der Waals surface area contributed by atoms with Gasteiger partial charge in [-0.25, -0.2) is 0 Å². The zero-order valence-corrected chi connectivity index (χ0v) is 8.68. The van der Waals surface area contributed by atoms with Gasteiger partial charge in [0, 0.05) is 0 Å². The van der Waals surface area contributed by atoms with Gasteiger partial charge in [-0.05, 0) is 38.3 Å². The molecular weight excluding hydrogens is 148 g/mol. The minimum atomic E-state index is 0.814. The molecule has 1 heteroatoms. The molecule has 0 heterocycles. The van der Waals surface area contributed by atoms with Crippen molar-refractivity contribution in [2.45, 2.75) is 40.5 Å². The second-order valence-corrected chi connectivity index (χ2v) is 3.02. The molecule has 0 N–H and O–H groups in total. The van der Waals surface area contributed by atoms with Crippen LogP contribution in [0, 0.1) is 0 Å². The largest absolute Gasteiger partial charge is 0.494 e. The van der Waals surface area contributed by atoms with Gasteiger partial charge < -0.3 is 4.74 Å². The molecule has 0 unspecified atom stereocenters. The summed E-state index contributed by atoms with van der Waals surface area (Å²) in [5.41, 5.74) is 1.24. The van der Waals surface area contributed by atoms with Gasteiger partial charge >= 0.3 is 0 Å². The van der Waals surface area contributed by atoms with E-state index in [2.05, 4.69) is 39.8 Å². The van der Waals surface area contributed by atoms with Gasteiger partial charge in [-0.2, -0.15) is 0 Å². The summed E-state index contributed by atoms with van der Waals surface area (Å²) in [6, 6.07) is 0. The fraction of sp³-hybridized carbons (Fsp3) is 0.636. The van der Waals surface area contributed by atoms with Crippen molar-refractivity contribution in [2.75, 3.05) is 6.61 Å². The van der Waals surface area contributed by atoms with E-state index in [1.54, 1.807) is 0 Å². The van der Waals surface area contributed by atoms with Crippen molar-refractivity contribution >= 4 is 0 Å². The lowest BCUT2D eigenvalue weighted by Gasteiger charge is -2.06. The Hall–Kier alpha value is -0.720. The van der Waals surface area contributed by atoms with Crippen LogP contribution >= 0.6 is 0 Å². The van der Waals surface area contributed by atoms with E-state index in [4.69, 9.17) is 4.74 Å². The van der Waals surface area contributed by atoms with E-state index in [0.717, 1.165) is 25.2 Å². The molecule has 0 aliphatic rings. The lowest BCUT2D eigenvalue weighted by atomic mass is 10.2. The summed E-state index contributed by atoms with van der Waals surface area (Å²) in [7, 11) is 0. The lowest BCUT2D eigenvalue weighted by Crippen LogP contribution is -1.93. The average molecular weight is 168 g/mol. The summed E-state index contributed by atoms with van der Waals surface area (Å²) in [5.74, 6) is 1.03. The van der Waals surface area contributed by atoms with Gasteiger partial charge in [0.15, 0.2) is 0 Å². The molecule has 0 saturated carbocycles. The van der Waals surface area contributed by atoms with Crippen molar-refractivity contribution in [1.82, 2.24) is 0 Å². The predicted octanol–water partition coefficient (Wildman–Crippen LogP) is 3.67. The molecule has 0 aromatic heterocycles. The van der Waals surface area contributed by atoms with Gasteiger partial charge in [0.2, 0.25) is 0 Å². The topological polar surface area (TPSA) is 9.23 Å². The quantitative estimate of drug-likeness (QED) is 0.449. The van der Waals surface area contributed by atoms with Crippen LogP contribution in [-0.2, 0) is 4.74 Å². The Bertz CT molecular complexity index is 162. The summed E-state index contributed by atoms with van der Waals surface area (Å²) < 4.78 is 5.55. The molecule has 0 aliphatic carbocycles. The van der Waals surface area contributed by atoms with Gasteiger partial charge in [0.05, 0.1) is 6.61 Å². The summed E-state index contributed by atoms with van der Waals surface area (Å²) >= 11 is 0. The van der Waals surface area contributed by atoms with Crippen LogP contribution in [0.1, 0.15) is 40.5 Å². The molecule has 0 atom stereocenters. The first kappa shape index (κ1) is 11.3. The summed E-state index contributed by atoms with van der Waals surface area (Å²) in [6.45, 7) is 9.20. The molecule has 0 amide bonds. The van der Waals surface area contributed by atoms with Crippen LogP contribution in [0.5, 0.6) is 0 Å². The van der Waals surface area contributed by atoms with Crippen LogP contribution in [0.2, 0.25) is 0 Å². The number of hydrogen-bond donors (Lipinski definition) is 0. The second-order valence-electron chi connectivity index (χ2n) is 3.02. The SMILES string of the molecule is CC/C=C\C(OCCC)=C(C)C. The number of hydrogen-bond acceptors (Lipinski definition) is 1. The minimum absolute atomic E-state index is 0.814. The minimum Gasteiger partial charge on any atom is -0.494 e. The van der Waals surface area contributed by atoms with Crippen molar-refractivity contribution in [3.05, 3.63) is 23.5 Å². The first-order valence-electron chi connectivity index (χ1n) is 4.69. The molecule has 0 rings (SSSR count). The Balaban J connectivity index is 4.07. The van der Waals surface area contributed by atoms with Gasteiger partial charge in [-0.1, -0.05) is 19.9 Å². The highest BCUT2D eigenvalue weighted by Gasteiger charge is 1.93. The van der Waals surface area contributed by atoms with Gasteiger partial charge in [-0.3, -0.25) is 0 Å². The van der Waals surface area contributed by atoms with Crippen LogP contribution in [0.3, 0.4) is 0 Å². The standard InChI is InChI=1S/C11H20O/c1-5-7-8-11(10(3)4)12-9-6-2/h7-8H,5-6,9H2,1-4H3/b8-7-. The number of allylic oxidation sites excluding steroid dienone is 3. The Morgan fingerprint density at radius 1 is 1.25 bits per heavy atom. The van der Waals surface area contributed by atoms with E-state index in [1.165, 1.54) is 5.57 Å². The van der Waals surface area contributed by atoms with E-state index in [0.29, 0.717) is 0 Å². The van der Waals surface area contributed by atoms with Crippen molar-refractivity contribution in [3.8, 4) is 0 Å². The molecular formula is C11H20O. The average Bonchev–Trinajstić information content (AvgIpc) is 2.04. The molecule has 0 aromatic rings. The van der Waals surface area contributed by atoms with E-state index >= 15 is 0 Å². The maximum absolute atomic E-state index is 5.55. The molecule has 0 bridgehead atoms. The Labute approximate surface area is 76.1 Å². The molecule has 12 heavy (non-hydrogen) atoms. The van der Waals surface area contributed by atoms with E-state index in [1.807, 2.05) is 0 Å². The first-order chi connectivity index (χ1) is 5.72. The number of rotatable bonds is 5. The highest BCUT2D eigenvalue weighted by atomic mass is 16.5. The normalized spacial score (nSPS) is 10.3. The van der Waals surface area contributed by atoms with Crippen molar-refractivity contribution in [2.24, 2.45) is 0 Å². The molecule has 70 valence electrons. The Morgan fingerprint density at radius 2 is 1.92 bits per heavy atom. The van der Waals surface area contributed by atoms with Crippen LogP contribution in [0.4, 0.5) is 0 Å². The highest BCUT2D eigenvalue weighted by Crippen LogP contribution is 2.07. The number of ether oxygens (including phenoxy) is 1. The van der Waals surface area contributed by atoms with E-state index in [9.17, 15) is 0 Å². The summed E-state index contributed by atoms with van der Waals surface area (Å²) in [5, 5.41) is 0. The Morgan fingerprint density at radius 3 is 2.33 bits per heavy atom. The highest BCUT2D eigenvalue weighted by molar-refractivity contribution is 5.17. The van der Waals surface area contributed by atoms with Crippen LogP contribution in [-0.4, -0.2) is 6.61 Å². The van der Waals surface area contributed by atoms with E-state index in [-0.39, 0.29) is 0 Å². The van der Waals surface area contributed by atoms with Crippen molar-refractivity contribution < 1.29 is 4.74 Å². The third-order valence-electron chi connectivity index (χ3n) is 1.46. The monoisotopic (exact) mass is 168 g/mol. The molecule has 0 aromatic carbocycles. The van der Waals surface area contributed by atoms with Crippen LogP contribution < -0.4 is 0 Å². The summed E-state index contributed by atoms with van der Waals surface area (Å²) in [6.07, 6.45) is 6.31. The maximum Gasteiger partial charge on any atom is 0.117 e. The lowest BCUT2D eigenvalue weighted by molar-refractivity contribution is 0.221. The fourth-order valence-corrected chi connectivity index (χ4v) is 0.796. The van der Waals surface area contributed by atoms with Crippen LogP contribution in [0.15, 0.2) is 23.5 Å². The van der Waals surface area contributed by atoms with E-state index < -0.39 is 0 Å². The Kier molecular flexibility index (Phi) is 6.54. The van der Waals surface area contributed by atoms with Gasteiger partial charge in [-0.15, -0.1) is 0 Å². The molecule has 0 aliphatic heterocycles. The zero-order chi connectivity index (χ0) is 9.40. The molecule has 0 saturated heterocycles. The summed E-state index contributed by atoms with van der Waals surface area (Å²) in [4.78, 5) is 0. The maximum atomic E-state index is 5.55. The first-order valence-corrected chi connectivity index (χ1v) is 4.69. The third kappa shape index (κ3) is 5.00. The smallest absolute Gasteiger partial charge is 0.117 e. The van der Waals surface area contributed by atoms with Crippen molar-refractivity contribution in [1.29, 1.82) is 0 Å². The predicted molar refractivity (Wildman–Crippen MR) is 54.0 cm³/mol. The molecule has 0 radical (unpaired) electrons. The third-order valence-corrected chi connectivity index (χ3v) is 1.46. The zero-order valence-electron chi connectivity index (χ0n) is 8.68. The van der Waals surface area contributed by atoms with Crippen LogP contribution in [0.25, 0.3) is 0 Å². The molecule has 0 fully saturated rings. The van der Waals surface area contributed by atoms with Gasteiger partial charge in [0.1, 0.15) is 5.76 Å². The van der Waals surface area contributed by atoms with Crippen molar-refractivity contribution in [3.63, 3.8) is 0 Å².